The fourth-order valence-electron chi connectivity index (χ4n) is 1.63. The van der Waals surface area contributed by atoms with Gasteiger partial charge >= 0.3 is 12.1 Å². The number of hydrogen-bond acceptors (Lipinski definition) is 2. The van der Waals surface area contributed by atoms with Crippen molar-refractivity contribution in [2.45, 2.75) is 32.4 Å². The van der Waals surface area contributed by atoms with Gasteiger partial charge in [0.05, 0.1) is 17.2 Å². The van der Waals surface area contributed by atoms with Crippen LogP contribution in [0.4, 0.5) is 13.2 Å². The Balaban J connectivity index is 3.10. The maximum absolute atomic E-state index is 12.5. The van der Waals surface area contributed by atoms with Crippen LogP contribution in [0.2, 0.25) is 0 Å². The molecule has 18 heavy (non-hydrogen) atoms. The summed E-state index contributed by atoms with van der Waals surface area (Å²) in [6.07, 6.45) is -3.24. The molecule has 3 nitrogen and oxygen atoms in total. The number of carboxylic acid groups (broad SMARTS) is 1. The van der Waals surface area contributed by atoms with Gasteiger partial charge < -0.3 is 5.11 Å². The first-order chi connectivity index (χ1) is 8.21. The summed E-state index contributed by atoms with van der Waals surface area (Å²) < 4.78 is 37.6. The summed E-state index contributed by atoms with van der Waals surface area (Å²) in [5, 5.41) is 9.05. The molecule has 0 aliphatic heterocycles. The van der Waals surface area contributed by atoms with Crippen molar-refractivity contribution < 1.29 is 23.1 Å². The molecular formula is C12H14F3NO2. The minimum Gasteiger partial charge on any atom is -0.481 e. The highest BCUT2D eigenvalue weighted by atomic mass is 19.4. The molecule has 1 aromatic heterocycles. The molecule has 0 aromatic carbocycles. The van der Waals surface area contributed by atoms with Crippen molar-refractivity contribution in [2.24, 2.45) is 5.92 Å². The van der Waals surface area contributed by atoms with Crippen molar-refractivity contribution in [3.05, 3.63) is 29.6 Å². The first-order valence-corrected chi connectivity index (χ1v) is 5.47. The van der Waals surface area contributed by atoms with Crippen molar-refractivity contribution in [2.75, 3.05) is 0 Å². The standard InChI is InChI=1S/C12H14F3NO2/c1-7(2)5-9(11(17)18)10-6-8(3-4-16-10)12(13,14)15/h3-4,6-7,9H,5H2,1-2H3,(H,17,18). The normalized spacial score (nSPS) is 13.7. The van der Waals surface area contributed by atoms with Gasteiger partial charge in [-0.15, -0.1) is 0 Å². The Morgan fingerprint density at radius 3 is 2.50 bits per heavy atom. The van der Waals surface area contributed by atoms with Crippen LogP contribution in [0.25, 0.3) is 0 Å². The van der Waals surface area contributed by atoms with E-state index in [0.29, 0.717) is 0 Å². The van der Waals surface area contributed by atoms with E-state index >= 15 is 0 Å². The number of rotatable bonds is 4. The highest BCUT2D eigenvalue weighted by molar-refractivity contribution is 5.75. The molecule has 1 rings (SSSR count). The first kappa shape index (κ1) is 14.5. The molecule has 6 heteroatoms. The average molecular weight is 261 g/mol. The fraction of sp³-hybridized carbons (Fsp3) is 0.500. The van der Waals surface area contributed by atoms with Crippen LogP contribution in [0.5, 0.6) is 0 Å². The number of halogens is 3. The molecule has 0 aliphatic carbocycles. The predicted octanol–water partition coefficient (Wildman–Crippen LogP) is 3.31. The van der Waals surface area contributed by atoms with Gasteiger partial charge in [-0.3, -0.25) is 9.78 Å². The van der Waals surface area contributed by atoms with Crippen LogP contribution in [0, 0.1) is 5.92 Å². The summed E-state index contributed by atoms with van der Waals surface area (Å²) in [5.41, 5.74) is -0.923. The molecule has 0 fully saturated rings. The summed E-state index contributed by atoms with van der Waals surface area (Å²) in [6, 6.07) is 1.64. The summed E-state index contributed by atoms with van der Waals surface area (Å²) in [4.78, 5) is 14.8. The molecule has 0 bridgehead atoms. The third kappa shape index (κ3) is 3.72. The number of alkyl halides is 3. The molecule has 100 valence electrons. The largest absolute Gasteiger partial charge is 0.481 e. The van der Waals surface area contributed by atoms with Crippen LogP contribution >= 0.6 is 0 Å². The SMILES string of the molecule is CC(C)CC(C(=O)O)c1cc(C(F)(F)F)ccn1. The molecule has 0 spiro atoms. The second kappa shape index (κ2) is 5.37. The Morgan fingerprint density at radius 2 is 2.06 bits per heavy atom. The predicted molar refractivity (Wildman–Crippen MR) is 59.1 cm³/mol. The van der Waals surface area contributed by atoms with Gasteiger partial charge in [0.15, 0.2) is 0 Å². The maximum Gasteiger partial charge on any atom is 0.416 e. The van der Waals surface area contributed by atoms with Gasteiger partial charge in [-0.25, -0.2) is 0 Å². The van der Waals surface area contributed by atoms with E-state index in [0.717, 1.165) is 18.3 Å². The zero-order valence-electron chi connectivity index (χ0n) is 10.0. The number of carbonyl (C=O) groups is 1. The maximum atomic E-state index is 12.5. The average Bonchev–Trinajstić information content (AvgIpc) is 2.24. The fourth-order valence-corrected chi connectivity index (χ4v) is 1.63. The van der Waals surface area contributed by atoms with Gasteiger partial charge in [-0.05, 0) is 24.5 Å². The summed E-state index contributed by atoms with van der Waals surface area (Å²) in [6.45, 7) is 3.62. The number of aliphatic carboxylic acids is 1. The van der Waals surface area contributed by atoms with E-state index in [2.05, 4.69) is 4.98 Å². The van der Waals surface area contributed by atoms with Gasteiger partial charge in [0.25, 0.3) is 0 Å². The smallest absolute Gasteiger partial charge is 0.416 e. The van der Waals surface area contributed by atoms with Crippen LogP contribution < -0.4 is 0 Å². The van der Waals surface area contributed by atoms with Crippen molar-refractivity contribution in [1.29, 1.82) is 0 Å². The van der Waals surface area contributed by atoms with E-state index in [9.17, 15) is 18.0 Å². The van der Waals surface area contributed by atoms with Gasteiger partial charge in [-0.2, -0.15) is 13.2 Å². The molecule has 1 atom stereocenters. The molecular weight excluding hydrogens is 247 g/mol. The zero-order valence-corrected chi connectivity index (χ0v) is 10.0. The molecule has 1 heterocycles. The van der Waals surface area contributed by atoms with Crippen LogP contribution in [-0.4, -0.2) is 16.1 Å². The number of carboxylic acids is 1. The highest BCUT2D eigenvalue weighted by Crippen LogP contribution is 2.31. The lowest BCUT2D eigenvalue weighted by Gasteiger charge is -2.15. The Bertz CT molecular complexity index is 430. The number of pyridine rings is 1. The lowest BCUT2D eigenvalue weighted by molar-refractivity contribution is -0.140. The Labute approximate surface area is 103 Å². The summed E-state index contributed by atoms with van der Waals surface area (Å²) >= 11 is 0. The van der Waals surface area contributed by atoms with Gasteiger partial charge in [0.2, 0.25) is 0 Å². The summed E-state index contributed by atoms with van der Waals surface area (Å²) in [7, 11) is 0. The number of nitrogens with zero attached hydrogens (tertiary/aromatic N) is 1. The Morgan fingerprint density at radius 1 is 1.44 bits per heavy atom. The molecule has 1 aromatic rings. The number of hydrogen-bond donors (Lipinski definition) is 1. The molecule has 0 amide bonds. The second-order valence-corrected chi connectivity index (χ2v) is 4.49. The van der Waals surface area contributed by atoms with E-state index < -0.39 is 23.6 Å². The van der Waals surface area contributed by atoms with E-state index in [4.69, 9.17) is 5.11 Å². The molecule has 1 N–H and O–H groups in total. The zero-order chi connectivity index (χ0) is 13.9. The van der Waals surface area contributed by atoms with Crippen molar-refractivity contribution in [3.63, 3.8) is 0 Å². The van der Waals surface area contributed by atoms with E-state index in [-0.39, 0.29) is 18.0 Å². The van der Waals surface area contributed by atoms with Gasteiger partial charge in [-0.1, -0.05) is 13.8 Å². The van der Waals surface area contributed by atoms with Crippen LogP contribution in [0.15, 0.2) is 18.3 Å². The Kier molecular flexibility index (Phi) is 4.32. The molecule has 0 saturated heterocycles. The lowest BCUT2D eigenvalue weighted by atomic mass is 9.93. The van der Waals surface area contributed by atoms with Crippen LogP contribution in [-0.2, 0) is 11.0 Å². The van der Waals surface area contributed by atoms with Gasteiger partial charge in [0.1, 0.15) is 0 Å². The third-order valence-corrected chi connectivity index (χ3v) is 2.47. The van der Waals surface area contributed by atoms with Crippen LogP contribution in [0.3, 0.4) is 0 Å². The van der Waals surface area contributed by atoms with E-state index in [1.54, 1.807) is 0 Å². The van der Waals surface area contributed by atoms with Crippen molar-refractivity contribution in [1.82, 2.24) is 4.98 Å². The second-order valence-electron chi connectivity index (χ2n) is 4.49. The molecule has 0 aliphatic rings. The molecule has 1 unspecified atom stereocenters. The lowest BCUT2D eigenvalue weighted by Crippen LogP contribution is -2.16. The molecule has 0 radical (unpaired) electrons. The summed E-state index contributed by atoms with van der Waals surface area (Å²) in [5.74, 6) is -2.11. The topological polar surface area (TPSA) is 50.2 Å². The Hall–Kier alpha value is -1.59. The third-order valence-electron chi connectivity index (χ3n) is 2.47. The van der Waals surface area contributed by atoms with E-state index in [1.165, 1.54) is 0 Å². The minimum absolute atomic E-state index is 0.0500. The van der Waals surface area contributed by atoms with Crippen LogP contribution in [0.1, 0.15) is 37.4 Å². The highest BCUT2D eigenvalue weighted by Gasteiger charge is 2.32. The van der Waals surface area contributed by atoms with E-state index in [1.807, 2.05) is 13.8 Å². The monoisotopic (exact) mass is 261 g/mol. The van der Waals surface area contributed by atoms with Crippen molar-refractivity contribution in [3.8, 4) is 0 Å². The first-order valence-electron chi connectivity index (χ1n) is 5.47. The minimum atomic E-state index is -4.49. The quantitative estimate of drug-likeness (QED) is 0.904. The van der Waals surface area contributed by atoms with Gasteiger partial charge in [0, 0.05) is 6.20 Å². The number of aromatic nitrogens is 1. The van der Waals surface area contributed by atoms with Crippen molar-refractivity contribution >= 4 is 5.97 Å². The molecule has 0 saturated carbocycles.